The van der Waals surface area contributed by atoms with Crippen molar-refractivity contribution in [1.82, 2.24) is 5.32 Å². The van der Waals surface area contributed by atoms with E-state index in [9.17, 15) is 15.2 Å². The summed E-state index contributed by atoms with van der Waals surface area (Å²) in [5.74, 6) is -0.104. The second kappa shape index (κ2) is 5.67. The van der Waals surface area contributed by atoms with Gasteiger partial charge in [-0.3, -0.25) is 4.79 Å². The molecule has 0 aliphatic heterocycles. The summed E-state index contributed by atoms with van der Waals surface area (Å²) in [4.78, 5) is 11.7. The Morgan fingerprint density at radius 2 is 2.00 bits per heavy atom. The predicted octanol–water partition coefficient (Wildman–Crippen LogP) is 1.51. The molecule has 0 spiro atoms. The lowest BCUT2D eigenvalue weighted by atomic mass is 9.95. The van der Waals surface area contributed by atoms with Crippen LogP contribution in [0.1, 0.15) is 26.3 Å². The van der Waals surface area contributed by atoms with Gasteiger partial charge >= 0.3 is 0 Å². The largest absolute Gasteiger partial charge is 0.628 e. The summed E-state index contributed by atoms with van der Waals surface area (Å²) in [6.07, 6.45) is 0. The average Bonchev–Trinajstić information content (AvgIpc) is 2.25. The zero-order chi connectivity index (χ0) is 13.9. The monoisotopic (exact) mass is 271 g/mol. The van der Waals surface area contributed by atoms with Crippen LogP contribution in [0.5, 0.6) is 0 Å². The van der Waals surface area contributed by atoms with E-state index >= 15 is 0 Å². The third-order valence-corrected chi connectivity index (χ3v) is 2.71. The van der Waals surface area contributed by atoms with Gasteiger partial charge in [-0.15, -0.1) is 0 Å². The average molecular weight is 272 g/mol. The Bertz CT molecular complexity index is 441. The molecular weight excluding hydrogens is 256 g/mol. The van der Waals surface area contributed by atoms with Gasteiger partial charge < -0.3 is 21.0 Å². The Hall–Kier alpha value is -1.14. The highest BCUT2D eigenvalue weighted by atomic mass is 35.5. The van der Waals surface area contributed by atoms with E-state index in [-0.39, 0.29) is 23.2 Å². The number of amides is 1. The Morgan fingerprint density at radius 3 is 2.50 bits per heavy atom. The van der Waals surface area contributed by atoms with Crippen molar-refractivity contribution in [2.24, 2.45) is 5.41 Å². The van der Waals surface area contributed by atoms with Crippen molar-refractivity contribution < 1.29 is 10.0 Å². The van der Waals surface area contributed by atoms with Crippen molar-refractivity contribution in [3.8, 4) is 0 Å². The maximum atomic E-state index is 11.7. The fraction of sp³-hybridized carbons (Fsp3) is 0.417. The van der Waals surface area contributed by atoms with E-state index in [0.717, 1.165) is 0 Å². The molecule has 100 valence electrons. The smallest absolute Gasteiger partial charge is 0.225 e. The van der Waals surface area contributed by atoms with E-state index in [1.165, 1.54) is 12.1 Å². The Kier molecular flexibility index (Phi) is 4.70. The Labute approximate surface area is 111 Å². The second-order valence-electron chi connectivity index (χ2n) is 5.03. The van der Waals surface area contributed by atoms with Gasteiger partial charge in [0, 0.05) is 18.0 Å². The SMILES string of the molecule is CC(C)(C)C(=O)NCc1ccc(Cl)c([NH+]([O-])[O-])c1. The number of rotatable bonds is 3. The molecule has 2 N–H and O–H groups in total. The van der Waals surface area contributed by atoms with E-state index in [4.69, 9.17) is 11.6 Å². The van der Waals surface area contributed by atoms with Crippen molar-refractivity contribution in [3.05, 3.63) is 39.2 Å². The van der Waals surface area contributed by atoms with Crippen LogP contribution in [-0.2, 0) is 11.3 Å². The molecule has 5 nitrogen and oxygen atoms in total. The van der Waals surface area contributed by atoms with Crippen molar-refractivity contribution in [2.75, 3.05) is 0 Å². The summed E-state index contributed by atoms with van der Waals surface area (Å²) in [7, 11) is 0. The molecule has 0 aliphatic rings. The van der Waals surface area contributed by atoms with Gasteiger partial charge in [0.1, 0.15) is 10.7 Å². The van der Waals surface area contributed by atoms with E-state index < -0.39 is 10.6 Å². The second-order valence-corrected chi connectivity index (χ2v) is 5.44. The van der Waals surface area contributed by atoms with Gasteiger partial charge in [0.2, 0.25) is 5.91 Å². The number of hydrogen-bond acceptors (Lipinski definition) is 3. The molecule has 0 unspecified atom stereocenters. The van der Waals surface area contributed by atoms with Gasteiger partial charge in [-0.25, -0.2) is 0 Å². The standard InChI is InChI=1S/C12H16ClN2O3/c1-12(2,3)11(16)14-7-8-4-5-9(13)10(6-8)15(17)18/h4-6,15H,7H2,1-3H3,(H,14,16)/q-1. The highest BCUT2D eigenvalue weighted by molar-refractivity contribution is 6.32. The zero-order valence-electron chi connectivity index (χ0n) is 10.5. The van der Waals surface area contributed by atoms with Crippen molar-refractivity contribution in [2.45, 2.75) is 27.3 Å². The fourth-order valence-electron chi connectivity index (χ4n) is 1.29. The van der Waals surface area contributed by atoms with E-state index in [2.05, 4.69) is 5.32 Å². The molecule has 1 amide bonds. The molecule has 1 rings (SSSR count). The van der Waals surface area contributed by atoms with Crippen LogP contribution in [0.3, 0.4) is 0 Å². The van der Waals surface area contributed by atoms with Crippen LogP contribution in [-0.4, -0.2) is 5.91 Å². The quantitative estimate of drug-likeness (QED) is 0.818. The lowest BCUT2D eigenvalue weighted by molar-refractivity contribution is -0.715. The number of nitrogens with one attached hydrogen (secondary N) is 2. The summed E-state index contributed by atoms with van der Waals surface area (Å²) in [6, 6.07) is 4.55. The van der Waals surface area contributed by atoms with Crippen LogP contribution in [0.25, 0.3) is 0 Å². The van der Waals surface area contributed by atoms with Crippen LogP contribution in [0.2, 0.25) is 5.02 Å². The van der Waals surface area contributed by atoms with Crippen LogP contribution >= 0.6 is 11.6 Å². The van der Waals surface area contributed by atoms with Crippen LogP contribution in [0.15, 0.2) is 18.2 Å². The van der Waals surface area contributed by atoms with Gasteiger partial charge in [0.05, 0.1) is 0 Å². The molecule has 0 saturated heterocycles. The number of quaternary nitrogens is 1. The van der Waals surface area contributed by atoms with Gasteiger partial charge in [-0.1, -0.05) is 38.4 Å². The minimum atomic E-state index is -1.33. The predicted molar refractivity (Wildman–Crippen MR) is 70.1 cm³/mol. The molecular formula is C12H16ClN2O3-. The molecule has 0 bridgehead atoms. The van der Waals surface area contributed by atoms with Crippen LogP contribution in [0.4, 0.5) is 5.69 Å². The molecule has 0 saturated carbocycles. The van der Waals surface area contributed by atoms with Gasteiger partial charge in [-0.05, 0) is 11.6 Å². The first-order valence-electron chi connectivity index (χ1n) is 5.50. The first-order valence-corrected chi connectivity index (χ1v) is 5.87. The Balaban J connectivity index is 2.75. The highest BCUT2D eigenvalue weighted by Gasteiger charge is 2.20. The minimum absolute atomic E-state index is 0.0702. The fourth-order valence-corrected chi connectivity index (χ4v) is 1.48. The topological polar surface area (TPSA) is 79.7 Å². The molecule has 0 radical (unpaired) electrons. The van der Waals surface area contributed by atoms with Gasteiger partial charge in [-0.2, -0.15) is 0 Å². The molecule has 1 aromatic carbocycles. The summed E-state index contributed by atoms with van der Waals surface area (Å²) >= 11 is 5.72. The number of carbonyl (C=O) groups is 1. The molecule has 0 aromatic heterocycles. The molecule has 0 atom stereocenters. The molecule has 0 heterocycles. The zero-order valence-corrected chi connectivity index (χ0v) is 11.3. The molecule has 0 aliphatic carbocycles. The molecule has 0 fully saturated rings. The van der Waals surface area contributed by atoms with Crippen LogP contribution in [0, 0.1) is 15.8 Å². The molecule has 6 heteroatoms. The lowest BCUT2D eigenvalue weighted by Crippen LogP contribution is -2.96. The lowest BCUT2D eigenvalue weighted by Gasteiger charge is -2.26. The molecule has 18 heavy (non-hydrogen) atoms. The number of hydrogen-bond donors (Lipinski definition) is 2. The van der Waals surface area contributed by atoms with Gasteiger partial charge in [0.15, 0.2) is 0 Å². The first-order chi connectivity index (χ1) is 8.21. The normalized spacial score (nSPS) is 11.7. The summed E-state index contributed by atoms with van der Waals surface area (Å²) < 4.78 is 0. The molecule has 1 aromatic rings. The third-order valence-electron chi connectivity index (χ3n) is 2.38. The van der Waals surface area contributed by atoms with E-state index in [1.807, 2.05) is 0 Å². The summed E-state index contributed by atoms with van der Waals surface area (Å²) in [5, 5.41) is 23.1. The highest BCUT2D eigenvalue weighted by Crippen LogP contribution is 2.20. The maximum absolute atomic E-state index is 11.7. The summed E-state index contributed by atoms with van der Waals surface area (Å²) in [5.41, 5.74) is 0.110. The number of carbonyl (C=O) groups excluding carboxylic acids is 1. The summed E-state index contributed by atoms with van der Waals surface area (Å²) in [6.45, 7) is 5.66. The number of benzene rings is 1. The van der Waals surface area contributed by atoms with Crippen molar-refractivity contribution in [1.29, 1.82) is 0 Å². The van der Waals surface area contributed by atoms with Crippen molar-refractivity contribution in [3.63, 3.8) is 0 Å². The van der Waals surface area contributed by atoms with Gasteiger partial charge in [0.25, 0.3) is 0 Å². The number of halogens is 1. The maximum Gasteiger partial charge on any atom is 0.225 e. The first kappa shape index (κ1) is 14.9. The van der Waals surface area contributed by atoms with Crippen LogP contribution < -0.4 is 10.5 Å². The van der Waals surface area contributed by atoms with E-state index in [1.54, 1.807) is 26.8 Å². The van der Waals surface area contributed by atoms with Crippen molar-refractivity contribution >= 4 is 23.2 Å². The minimum Gasteiger partial charge on any atom is -0.628 e. The van der Waals surface area contributed by atoms with E-state index in [0.29, 0.717) is 5.56 Å². The third kappa shape index (κ3) is 3.96. The Morgan fingerprint density at radius 1 is 1.39 bits per heavy atom.